The standard InChI is InChI=1S/C21H23FN2O3S2/c1-27-18-8-4-16(5-9-18)12-28-21-23-19-13-29(25,26)14-20(19)24(21)11-10-15-2-6-17(22)7-3-15/h2-9,19-20H,10-14H2,1H3/t19-,20+/m1/s1. The van der Waals surface area contributed by atoms with Gasteiger partial charge >= 0.3 is 0 Å². The maximum Gasteiger partial charge on any atom is 0.160 e. The maximum atomic E-state index is 13.2. The molecule has 2 aliphatic heterocycles. The number of aliphatic imine (C=N–C) groups is 1. The number of amidine groups is 1. The molecule has 0 spiro atoms. The lowest BCUT2D eigenvalue weighted by Gasteiger charge is -2.26. The average molecular weight is 435 g/mol. The van der Waals surface area contributed by atoms with E-state index in [1.165, 1.54) is 12.1 Å². The number of benzene rings is 2. The minimum absolute atomic E-state index is 0.0983. The van der Waals surface area contributed by atoms with Crippen LogP contribution in [0.3, 0.4) is 0 Å². The molecule has 0 aliphatic carbocycles. The highest BCUT2D eigenvalue weighted by Gasteiger charge is 2.46. The van der Waals surface area contributed by atoms with Crippen LogP contribution in [-0.2, 0) is 22.0 Å². The Kier molecular flexibility index (Phi) is 5.83. The van der Waals surface area contributed by atoms with Crippen molar-refractivity contribution in [1.82, 2.24) is 4.90 Å². The van der Waals surface area contributed by atoms with Crippen molar-refractivity contribution in [3.63, 3.8) is 0 Å². The topological polar surface area (TPSA) is 59.0 Å². The van der Waals surface area contributed by atoms with Crippen LogP contribution < -0.4 is 4.74 Å². The van der Waals surface area contributed by atoms with Crippen molar-refractivity contribution >= 4 is 26.8 Å². The van der Waals surface area contributed by atoms with Crippen LogP contribution in [0.25, 0.3) is 0 Å². The van der Waals surface area contributed by atoms with Gasteiger partial charge < -0.3 is 9.64 Å². The molecule has 0 bridgehead atoms. The lowest BCUT2D eigenvalue weighted by Crippen LogP contribution is -2.40. The van der Waals surface area contributed by atoms with E-state index in [4.69, 9.17) is 9.73 Å². The Hall–Kier alpha value is -2.06. The van der Waals surface area contributed by atoms with Crippen LogP contribution in [0, 0.1) is 5.82 Å². The average Bonchev–Trinajstić information content (AvgIpc) is 3.17. The van der Waals surface area contributed by atoms with Gasteiger partial charge in [-0.05, 0) is 41.8 Å². The molecule has 1 fully saturated rings. The molecule has 2 aliphatic rings. The monoisotopic (exact) mass is 434 g/mol. The van der Waals surface area contributed by atoms with Gasteiger partial charge in [0.05, 0.1) is 30.7 Å². The van der Waals surface area contributed by atoms with Crippen LogP contribution in [0.2, 0.25) is 0 Å². The first-order valence-corrected chi connectivity index (χ1v) is 12.3. The van der Waals surface area contributed by atoms with Gasteiger partial charge in [0.2, 0.25) is 0 Å². The van der Waals surface area contributed by atoms with Crippen LogP contribution in [0.5, 0.6) is 5.75 Å². The van der Waals surface area contributed by atoms with Crippen molar-refractivity contribution in [2.75, 3.05) is 25.2 Å². The summed E-state index contributed by atoms with van der Waals surface area (Å²) in [5, 5.41) is 0.896. The van der Waals surface area contributed by atoms with Gasteiger partial charge in [0.1, 0.15) is 11.6 Å². The zero-order chi connectivity index (χ0) is 20.4. The number of nitrogens with zero attached hydrogens (tertiary/aromatic N) is 2. The van der Waals surface area contributed by atoms with E-state index in [1.807, 2.05) is 24.3 Å². The fraction of sp³-hybridized carbons (Fsp3) is 0.381. The summed E-state index contributed by atoms with van der Waals surface area (Å²) in [5.74, 6) is 1.59. The number of hydrogen-bond donors (Lipinski definition) is 0. The summed E-state index contributed by atoms with van der Waals surface area (Å²) in [7, 11) is -1.41. The minimum Gasteiger partial charge on any atom is -0.497 e. The van der Waals surface area contributed by atoms with E-state index in [0.29, 0.717) is 13.0 Å². The lowest BCUT2D eigenvalue weighted by atomic mass is 10.1. The van der Waals surface area contributed by atoms with Crippen LogP contribution in [0.4, 0.5) is 4.39 Å². The number of thioether (sulfide) groups is 1. The second-order valence-electron chi connectivity index (χ2n) is 7.33. The van der Waals surface area contributed by atoms with Crippen molar-refractivity contribution in [3.8, 4) is 5.75 Å². The van der Waals surface area contributed by atoms with Gasteiger partial charge in [-0.2, -0.15) is 0 Å². The highest BCUT2D eigenvalue weighted by atomic mass is 32.2. The van der Waals surface area contributed by atoms with Gasteiger partial charge in [-0.15, -0.1) is 0 Å². The third-order valence-corrected chi connectivity index (χ3v) is 8.07. The van der Waals surface area contributed by atoms with E-state index < -0.39 is 9.84 Å². The van der Waals surface area contributed by atoms with E-state index in [0.717, 1.165) is 27.8 Å². The molecule has 8 heteroatoms. The summed E-state index contributed by atoms with van der Waals surface area (Å²) in [6.45, 7) is 0.663. The number of fused-ring (bicyclic) bond motifs is 1. The summed E-state index contributed by atoms with van der Waals surface area (Å²) in [6, 6.07) is 14.1. The Morgan fingerprint density at radius 1 is 1.10 bits per heavy atom. The van der Waals surface area contributed by atoms with Crippen molar-refractivity contribution in [2.45, 2.75) is 24.3 Å². The van der Waals surface area contributed by atoms with Crippen LogP contribution >= 0.6 is 11.8 Å². The Balaban J connectivity index is 1.46. The minimum atomic E-state index is -3.05. The summed E-state index contributed by atoms with van der Waals surface area (Å²) in [6.07, 6.45) is 0.714. The fourth-order valence-corrected chi connectivity index (χ4v) is 6.71. The molecule has 154 valence electrons. The van der Waals surface area contributed by atoms with E-state index in [-0.39, 0.29) is 29.4 Å². The molecule has 2 aromatic rings. The highest BCUT2D eigenvalue weighted by Crippen LogP contribution is 2.32. The molecular formula is C21H23FN2O3S2. The predicted octanol–water partition coefficient (Wildman–Crippen LogP) is 3.15. The molecule has 1 saturated heterocycles. The Morgan fingerprint density at radius 3 is 2.48 bits per heavy atom. The zero-order valence-electron chi connectivity index (χ0n) is 16.1. The highest BCUT2D eigenvalue weighted by molar-refractivity contribution is 8.13. The zero-order valence-corrected chi connectivity index (χ0v) is 17.8. The SMILES string of the molecule is COc1ccc(CSC2=N[C@@H]3CS(=O)(=O)C[C@@H]3N2CCc2ccc(F)cc2)cc1. The molecule has 4 rings (SSSR count). The summed E-state index contributed by atoms with van der Waals surface area (Å²) < 4.78 is 42.5. The molecule has 0 N–H and O–H groups in total. The number of halogens is 1. The molecule has 2 heterocycles. The number of rotatable bonds is 6. The van der Waals surface area contributed by atoms with Crippen LogP contribution in [0.1, 0.15) is 11.1 Å². The second-order valence-corrected chi connectivity index (χ2v) is 10.4. The van der Waals surface area contributed by atoms with Gasteiger partial charge in [0, 0.05) is 12.3 Å². The van der Waals surface area contributed by atoms with Gasteiger partial charge in [-0.1, -0.05) is 36.0 Å². The molecule has 5 nitrogen and oxygen atoms in total. The fourth-order valence-electron chi connectivity index (χ4n) is 3.74. The smallest absolute Gasteiger partial charge is 0.160 e. The second kappa shape index (κ2) is 8.36. The van der Waals surface area contributed by atoms with E-state index in [9.17, 15) is 12.8 Å². The van der Waals surface area contributed by atoms with Crippen molar-refractivity contribution in [2.24, 2.45) is 4.99 Å². The molecule has 0 amide bonds. The molecule has 2 atom stereocenters. The van der Waals surface area contributed by atoms with Gasteiger partial charge in [0.25, 0.3) is 0 Å². The summed E-state index contributed by atoms with van der Waals surface area (Å²) in [4.78, 5) is 6.88. The Labute approximate surface area is 174 Å². The third kappa shape index (κ3) is 4.75. The number of methoxy groups -OCH3 is 1. The number of sulfone groups is 1. The van der Waals surface area contributed by atoms with Gasteiger partial charge in [-0.25, -0.2) is 12.8 Å². The summed E-state index contributed by atoms with van der Waals surface area (Å²) in [5.41, 5.74) is 2.18. The van der Waals surface area contributed by atoms with Crippen molar-refractivity contribution < 1.29 is 17.5 Å². The molecule has 29 heavy (non-hydrogen) atoms. The first-order chi connectivity index (χ1) is 13.9. The largest absolute Gasteiger partial charge is 0.497 e. The van der Waals surface area contributed by atoms with Crippen LogP contribution in [0.15, 0.2) is 53.5 Å². The van der Waals surface area contributed by atoms with Gasteiger partial charge in [0.15, 0.2) is 15.0 Å². The van der Waals surface area contributed by atoms with E-state index >= 15 is 0 Å². The molecule has 2 aromatic carbocycles. The molecule has 0 radical (unpaired) electrons. The predicted molar refractivity (Wildman–Crippen MR) is 115 cm³/mol. The molecule has 0 unspecified atom stereocenters. The number of hydrogen-bond acceptors (Lipinski definition) is 6. The lowest BCUT2D eigenvalue weighted by molar-refractivity contribution is 0.352. The molecular weight excluding hydrogens is 411 g/mol. The van der Waals surface area contributed by atoms with Crippen molar-refractivity contribution in [1.29, 1.82) is 0 Å². The maximum absolute atomic E-state index is 13.2. The van der Waals surface area contributed by atoms with Crippen LogP contribution in [-0.4, -0.2) is 55.7 Å². The quantitative estimate of drug-likeness (QED) is 0.699. The first kappa shape index (κ1) is 20.2. The number of ether oxygens (including phenoxy) is 1. The third-order valence-electron chi connectivity index (χ3n) is 5.30. The molecule has 0 saturated carbocycles. The Bertz CT molecular complexity index is 992. The van der Waals surface area contributed by atoms with Crippen molar-refractivity contribution in [3.05, 3.63) is 65.5 Å². The first-order valence-electron chi connectivity index (χ1n) is 9.48. The molecule has 0 aromatic heterocycles. The van der Waals surface area contributed by atoms with Gasteiger partial charge in [-0.3, -0.25) is 4.99 Å². The van der Waals surface area contributed by atoms with E-state index in [1.54, 1.807) is 31.0 Å². The summed E-state index contributed by atoms with van der Waals surface area (Å²) >= 11 is 1.63. The Morgan fingerprint density at radius 2 is 1.79 bits per heavy atom. The normalized spacial score (nSPS) is 22.4. The van der Waals surface area contributed by atoms with E-state index in [2.05, 4.69) is 4.90 Å².